The van der Waals surface area contributed by atoms with E-state index in [1.54, 1.807) is 0 Å². The van der Waals surface area contributed by atoms with E-state index >= 15 is 0 Å². The molecule has 2 unspecified atom stereocenters. The van der Waals surface area contributed by atoms with Crippen molar-refractivity contribution in [1.29, 1.82) is 0 Å². The van der Waals surface area contributed by atoms with Crippen molar-refractivity contribution < 1.29 is 24.1 Å². The van der Waals surface area contributed by atoms with Crippen LogP contribution in [0, 0.1) is 0 Å². The second-order valence-electron chi connectivity index (χ2n) is 11.0. The van der Waals surface area contributed by atoms with Gasteiger partial charge >= 0.3 is 5.97 Å². The summed E-state index contributed by atoms with van der Waals surface area (Å²) < 4.78 is 17.4. The molecule has 11 heteroatoms. The highest BCUT2D eigenvalue weighted by molar-refractivity contribution is 6.30. The maximum Gasteiger partial charge on any atom is 0.332 e. The van der Waals surface area contributed by atoms with Gasteiger partial charge in [0, 0.05) is 48.9 Å². The summed E-state index contributed by atoms with van der Waals surface area (Å²) >= 11 is 5.99. The van der Waals surface area contributed by atoms with Gasteiger partial charge in [0.2, 0.25) is 5.95 Å². The lowest BCUT2D eigenvalue weighted by Gasteiger charge is -2.37. The fraction of sp³-hybridized carbons (Fsp3) is 0.452. The van der Waals surface area contributed by atoms with Gasteiger partial charge in [0.05, 0.1) is 25.0 Å². The monoisotopic (exact) mass is 593 g/mol. The fourth-order valence-electron chi connectivity index (χ4n) is 5.91. The lowest BCUT2D eigenvalue weighted by molar-refractivity contribution is -0.150. The number of carbonyl (C=O) groups is 1. The molecule has 3 aliphatic rings. The Labute approximate surface area is 250 Å². The lowest BCUT2D eigenvalue weighted by atomic mass is 9.88. The number of aryl methyl sites for hydroxylation is 1. The molecule has 0 radical (unpaired) electrons. The zero-order valence-electron chi connectivity index (χ0n) is 23.5. The number of fused-ring (bicyclic) bond motifs is 3. The van der Waals surface area contributed by atoms with Crippen molar-refractivity contribution in [3.63, 3.8) is 0 Å². The van der Waals surface area contributed by atoms with E-state index in [1.165, 1.54) is 5.56 Å². The van der Waals surface area contributed by atoms with Gasteiger partial charge in [-0.1, -0.05) is 23.7 Å². The van der Waals surface area contributed by atoms with E-state index in [0.29, 0.717) is 31.3 Å². The average molecular weight is 594 g/mol. The highest BCUT2D eigenvalue weighted by atomic mass is 35.5. The Morgan fingerprint density at radius 2 is 1.88 bits per heavy atom. The quantitative estimate of drug-likeness (QED) is 0.335. The van der Waals surface area contributed by atoms with E-state index < -0.39 is 12.1 Å². The Bertz CT molecular complexity index is 1410. The molecule has 3 N–H and O–H groups in total. The number of anilines is 2. The van der Waals surface area contributed by atoms with Crippen molar-refractivity contribution in [3.8, 4) is 17.0 Å². The van der Waals surface area contributed by atoms with E-state index in [9.17, 15) is 4.79 Å². The molecule has 2 atom stereocenters. The maximum atomic E-state index is 11.0. The second kappa shape index (κ2) is 12.8. The van der Waals surface area contributed by atoms with E-state index in [0.717, 1.165) is 85.9 Å². The zero-order chi connectivity index (χ0) is 29.1. The predicted octanol–water partition coefficient (Wildman–Crippen LogP) is 3.83. The van der Waals surface area contributed by atoms with Crippen LogP contribution in [0.5, 0.6) is 5.75 Å². The van der Waals surface area contributed by atoms with Gasteiger partial charge in [0.25, 0.3) is 0 Å². The summed E-state index contributed by atoms with van der Waals surface area (Å²) in [6.07, 6.45) is 2.18. The molecule has 6 rings (SSSR count). The molecule has 2 fully saturated rings. The third kappa shape index (κ3) is 6.62. The minimum absolute atomic E-state index is 0.129. The van der Waals surface area contributed by atoms with Crippen LogP contribution in [0.1, 0.15) is 29.5 Å². The first kappa shape index (κ1) is 28.7. The number of carboxylic acids is 1. The molecule has 0 saturated carbocycles. The first-order valence-electron chi connectivity index (χ1n) is 14.5. The average Bonchev–Trinajstić information content (AvgIpc) is 3.48. The smallest absolute Gasteiger partial charge is 0.332 e. The highest BCUT2D eigenvalue weighted by Gasteiger charge is 2.31. The van der Waals surface area contributed by atoms with Crippen LogP contribution in [0.3, 0.4) is 0 Å². The number of aromatic nitrogens is 2. The summed E-state index contributed by atoms with van der Waals surface area (Å²) in [4.78, 5) is 25.1. The third-order valence-electron chi connectivity index (χ3n) is 8.21. The van der Waals surface area contributed by atoms with Crippen LogP contribution in [0.2, 0.25) is 5.02 Å². The summed E-state index contributed by atoms with van der Waals surface area (Å²) in [5.41, 5.74) is 11.6. The van der Waals surface area contributed by atoms with Gasteiger partial charge in [0.1, 0.15) is 18.2 Å². The molecule has 0 bridgehead atoms. The zero-order valence-corrected chi connectivity index (χ0v) is 24.3. The van der Waals surface area contributed by atoms with Crippen LogP contribution in [-0.4, -0.2) is 84.1 Å². The van der Waals surface area contributed by atoms with E-state index in [2.05, 4.69) is 26.9 Å². The number of halogens is 1. The molecule has 0 amide bonds. The molecular formula is C31H36ClN5O5. The topological polar surface area (TPSA) is 123 Å². The first-order valence-corrected chi connectivity index (χ1v) is 14.9. The number of ether oxygens (including phenoxy) is 3. The summed E-state index contributed by atoms with van der Waals surface area (Å²) in [5, 5.41) is 9.78. The predicted molar refractivity (Wildman–Crippen MR) is 160 cm³/mol. The number of benzene rings is 2. The number of aliphatic carboxylic acids is 1. The van der Waals surface area contributed by atoms with Crippen molar-refractivity contribution in [2.75, 3.05) is 56.6 Å². The van der Waals surface area contributed by atoms with Gasteiger partial charge in [-0.25, -0.2) is 9.78 Å². The molecule has 2 saturated heterocycles. The maximum absolute atomic E-state index is 11.0. The molecule has 222 valence electrons. The second-order valence-corrected chi connectivity index (χ2v) is 11.5. The Morgan fingerprint density at radius 3 is 2.64 bits per heavy atom. The van der Waals surface area contributed by atoms with E-state index in [-0.39, 0.29) is 12.1 Å². The minimum atomic E-state index is -0.892. The van der Waals surface area contributed by atoms with Crippen LogP contribution >= 0.6 is 11.6 Å². The first-order chi connectivity index (χ1) is 20.4. The number of carboxylic acid groups (broad SMARTS) is 1. The van der Waals surface area contributed by atoms with Crippen LogP contribution in [0.25, 0.3) is 11.3 Å². The van der Waals surface area contributed by atoms with Crippen molar-refractivity contribution in [3.05, 3.63) is 64.2 Å². The van der Waals surface area contributed by atoms with E-state index in [1.807, 2.05) is 30.3 Å². The van der Waals surface area contributed by atoms with Gasteiger partial charge in [-0.2, -0.15) is 4.98 Å². The number of hydrogen-bond acceptors (Lipinski definition) is 9. The van der Waals surface area contributed by atoms with Crippen molar-refractivity contribution in [2.45, 2.75) is 44.5 Å². The summed E-state index contributed by atoms with van der Waals surface area (Å²) in [6, 6.07) is 13.9. The fourth-order valence-corrected chi connectivity index (χ4v) is 6.04. The number of piperazine rings is 1. The Hall–Kier alpha value is -3.44. The summed E-state index contributed by atoms with van der Waals surface area (Å²) in [7, 11) is 0. The Balaban J connectivity index is 1.04. The normalized spacial score (nSPS) is 20.3. The van der Waals surface area contributed by atoms with Gasteiger partial charge in [-0.3, -0.25) is 4.90 Å². The molecular weight excluding hydrogens is 558 g/mol. The molecule has 3 aromatic rings. The summed E-state index contributed by atoms with van der Waals surface area (Å²) in [6.45, 7) is 5.82. The van der Waals surface area contributed by atoms with Crippen molar-refractivity contribution >= 4 is 29.3 Å². The molecule has 2 aromatic carbocycles. The number of nitrogens with two attached hydrogens (primary N) is 1. The Kier molecular flexibility index (Phi) is 8.76. The highest BCUT2D eigenvalue weighted by Crippen LogP contribution is 2.38. The molecule has 10 nitrogen and oxygen atoms in total. The number of hydrogen-bond donors (Lipinski definition) is 2. The molecule has 3 heterocycles. The Morgan fingerprint density at radius 1 is 1.07 bits per heavy atom. The standard InChI is InChI=1S/C31H36ClN5O5/c32-22-4-1-20(2-5-22)18-41-23-6-9-25-21(17-23)3-8-26-28(25)34-31(33)35-29(26)37-13-11-36(12-14-37)15-16-40-19-24-7-10-27(42-24)30(38)39/h1-2,4-6,9,17,24,27H,3,7-8,10-16,18-19H2,(H,38,39)(H2,33,34,35). The molecule has 1 aromatic heterocycles. The van der Waals surface area contributed by atoms with Gasteiger partial charge in [-0.05, 0) is 67.1 Å². The van der Waals surface area contributed by atoms with E-state index in [4.69, 9.17) is 41.6 Å². The van der Waals surface area contributed by atoms with Gasteiger partial charge in [0.15, 0.2) is 6.10 Å². The number of nitrogen functional groups attached to an aromatic ring is 1. The van der Waals surface area contributed by atoms with Crippen LogP contribution < -0.4 is 15.4 Å². The molecule has 42 heavy (non-hydrogen) atoms. The van der Waals surface area contributed by atoms with Gasteiger partial charge in [-0.15, -0.1) is 0 Å². The van der Waals surface area contributed by atoms with Crippen molar-refractivity contribution in [1.82, 2.24) is 14.9 Å². The number of nitrogens with zero attached hydrogens (tertiary/aromatic N) is 4. The van der Waals surface area contributed by atoms with Crippen LogP contribution in [-0.2, 0) is 33.7 Å². The largest absolute Gasteiger partial charge is 0.489 e. The number of rotatable bonds is 10. The SMILES string of the molecule is Nc1nc2c(c(N3CCN(CCOCC4CCC(C(=O)O)O4)CC3)n1)CCc1cc(OCc3ccc(Cl)cc3)ccc1-2. The van der Waals surface area contributed by atoms with Crippen LogP contribution in [0.15, 0.2) is 42.5 Å². The minimum Gasteiger partial charge on any atom is -0.489 e. The molecule has 2 aliphatic heterocycles. The van der Waals surface area contributed by atoms with Crippen LogP contribution in [0.4, 0.5) is 11.8 Å². The molecule has 1 aliphatic carbocycles. The molecule has 0 spiro atoms. The third-order valence-corrected chi connectivity index (χ3v) is 8.46. The van der Waals surface area contributed by atoms with Gasteiger partial charge < -0.3 is 30.0 Å². The lowest BCUT2D eigenvalue weighted by Crippen LogP contribution is -2.48. The summed E-state index contributed by atoms with van der Waals surface area (Å²) in [5.74, 6) is 1.16. The van der Waals surface area contributed by atoms with Crippen molar-refractivity contribution in [2.24, 2.45) is 0 Å².